The van der Waals surface area contributed by atoms with E-state index < -0.39 is 5.97 Å². The molecule has 3 nitrogen and oxygen atoms in total. The van der Waals surface area contributed by atoms with Gasteiger partial charge < -0.3 is 4.74 Å². The third kappa shape index (κ3) is 3.56. The Morgan fingerprint density at radius 3 is 2.78 bits per heavy atom. The van der Waals surface area contributed by atoms with Crippen LogP contribution in [0.3, 0.4) is 0 Å². The molecule has 0 aromatic rings. The molecule has 0 fully saturated rings. The zero-order valence-electron chi connectivity index (χ0n) is 4.56. The summed E-state index contributed by atoms with van der Waals surface area (Å²) in [5.74, 6) is -1.16. The van der Waals surface area contributed by atoms with Gasteiger partial charge in [-0.05, 0) is 6.58 Å². The lowest BCUT2D eigenvalue weighted by Gasteiger charge is -1.93. The van der Waals surface area contributed by atoms with Gasteiger partial charge in [-0.25, -0.2) is 0 Å². The molecule has 0 saturated heterocycles. The van der Waals surface area contributed by atoms with Crippen LogP contribution in [0.5, 0.6) is 0 Å². The smallest absolute Gasteiger partial charge is 0.326 e. The highest BCUT2D eigenvalue weighted by molar-refractivity contribution is 6.26. The number of halogens is 1. The maximum atomic E-state index is 10.2. The second-order valence-corrected chi connectivity index (χ2v) is 1.41. The van der Waals surface area contributed by atoms with Crippen LogP contribution < -0.4 is 0 Å². The first-order chi connectivity index (χ1) is 4.20. The quantitative estimate of drug-likeness (QED) is 0.250. The van der Waals surface area contributed by atoms with E-state index in [1.807, 2.05) is 0 Å². The summed E-state index contributed by atoms with van der Waals surface area (Å²) in [4.78, 5) is 10.2. The molecule has 0 heterocycles. The first kappa shape index (κ1) is 7.99. The van der Waals surface area contributed by atoms with Gasteiger partial charge in [0, 0.05) is 0 Å². The van der Waals surface area contributed by atoms with E-state index >= 15 is 0 Å². The Balaban J connectivity index is 3.64. The molecule has 0 N–H and O–H groups in total. The van der Waals surface area contributed by atoms with Crippen molar-refractivity contribution in [3.05, 3.63) is 12.3 Å². The second-order valence-electron chi connectivity index (χ2n) is 1.14. The van der Waals surface area contributed by atoms with Gasteiger partial charge in [-0.3, -0.25) is 4.79 Å². The number of carbonyl (C=O) groups excluding carboxylic acids is 1. The van der Waals surface area contributed by atoms with Crippen molar-refractivity contribution in [3.63, 3.8) is 0 Å². The molecule has 9 heavy (non-hydrogen) atoms. The monoisotopic (exact) mass is 145 g/mol. The van der Waals surface area contributed by atoms with E-state index in [4.69, 9.17) is 16.9 Å². The maximum Gasteiger partial charge on any atom is 0.326 e. The van der Waals surface area contributed by atoms with Crippen LogP contribution >= 0.6 is 11.6 Å². The summed E-state index contributed by atoms with van der Waals surface area (Å²) in [6, 6.07) is 1.53. The summed E-state index contributed by atoms with van der Waals surface area (Å²) >= 11 is 5.03. The molecule has 0 amide bonds. The molecule has 0 radical (unpaired) electrons. The van der Waals surface area contributed by atoms with Crippen LogP contribution in [-0.4, -0.2) is 11.8 Å². The van der Waals surface area contributed by atoms with Crippen LogP contribution in [-0.2, 0) is 9.53 Å². The zero-order chi connectivity index (χ0) is 7.28. The predicted molar refractivity (Wildman–Crippen MR) is 31.6 cm³/mol. The standard InChI is InChI=1S/C5H4ClNO2/c1-4(3-7)9-5(8)2-6/h1-2H2. The Kier molecular flexibility index (Phi) is 3.49. The van der Waals surface area contributed by atoms with Crippen molar-refractivity contribution in [2.24, 2.45) is 0 Å². The van der Waals surface area contributed by atoms with Gasteiger partial charge in [0.15, 0.2) is 5.76 Å². The lowest BCUT2D eigenvalue weighted by Crippen LogP contribution is -2.03. The number of hydrogen-bond acceptors (Lipinski definition) is 3. The number of rotatable bonds is 2. The number of nitrogens with zero attached hydrogens (tertiary/aromatic N) is 1. The molecular formula is C5H4ClNO2. The minimum absolute atomic E-state index is 0.236. The average Bonchev–Trinajstić information content (AvgIpc) is 1.87. The van der Waals surface area contributed by atoms with Gasteiger partial charge in [0.25, 0.3) is 0 Å². The fourth-order valence-corrected chi connectivity index (χ4v) is 0.242. The van der Waals surface area contributed by atoms with Gasteiger partial charge in [0.2, 0.25) is 0 Å². The molecule has 0 bridgehead atoms. The highest BCUT2D eigenvalue weighted by Crippen LogP contribution is 1.91. The van der Waals surface area contributed by atoms with Crippen molar-refractivity contribution in [1.82, 2.24) is 0 Å². The molecular weight excluding hydrogens is 142 g/mol. The highest BCUT2D eigenvalue weighted by Gasteiger charge is 2.00. The van der Waals surface area contributed by atoms with E-state index in [1.165, 1.54) is 6.07 Å². The van der Waals surface area contributed by atoms with Gasteiger partial charge >= 0.3 is 5.97 Å². The Bertz CT molecular complexity index is 170. The van der Waals surface area contributed by atoms with Gasteiger partial charge in [0.1, 0.15) is 11.9 Å². The summed E-state index contributed by atoms with van der Waals surface area (Å²) < 4.78 is 4.22. The molecule has 48 valence electrons. The van der Waals surface area contributed by atoms with E-state index in [9.17, 15) is 4.79 Å². The third-order valence-corrected chi connectivity index (χ3v) is 0.689. The normalized spacial score (nSPS) is 7.56. The molecule has 0 spiro atoms. The van der Waals surface area contributed by atoms with E-state index in [2.05, 4.69) is 11.3 Å². The van der Waals surface area contributed by atoms with Crippen molar-refractivity contribution in [2.75, 3.05) is 5.88 Å². The Morgan fingerprint density at radius 1 is 1.89 bits per heavy atom. The van der Waals surface area contributed by atoms with Crippen LogP contribution in [0.4, 0.5) is 0 Å². The molecule has 0 saturated carbocycles. The predicted octanol–water partition coefficient (Wildman–Crippen LogP) is 0.806. The number of esters is 1. The Labute approximate surface area is 57.5 Å². The lowest BCUT2D eigenvalue weighted by atomic mass is 10.6. The molecule has 0 atom stereocenters. The summed E-state index contributed by atoms with van der Waals surface area (Å²) in [6.45, 7) is 3.10. The number of nitriles is 1. The van der Waals surface area contributed by atoms with E-state index in [0.29, 0.717) is 0 Å². The summed E-state index contributed by atoms with van der Waals surface area (Å²) in [5.41, 5.74) is 0. The largest absolute Gasteiger partial charge is 0.415 e. The minimum atomic E-state index is -0.664. The number of carbonyl (C=O) groups is 1. The molecule has 0 aromatic heterocycles. The van der Waals surface area contributed by atoms with Crippen LogP contribution in [0.25, 0.3) is 0 Å². The van der Waals surface area contributed by atoms with Gasteiger partial charge in [0.05, 0.1) is 0 Å². The first-order valence-corrected chi connectivity index (χ1v) is 2.59. The molecule has 4 heteroatoms. The van der Waals surface area contributed by atoms with Crippen molar-refractivity contribution in [2.45, 2.75) is 0 Å². The van der Waals surface area contributed by atoms with Gasteiger partial charge in [-0.2, -0.15) is 5.26 Å². The fourth-order valence-electron chi connectivity index (χ4n) is 0.188. The number of ether oxygens (including phenoxy) is 1. The lowest BCUT2D eigenvalue weighted by molar-refractivity contribution is -0.135. The molecule has 0 aliphatic rings. The molecule has 0 rings (SSSR count). The summed E-state index contributed by atoms with van der Waals surface area (Å²) in [5, 5.41) is 8.01. The van der Waals surface area contributed by atoms with Gasteiger partial charge in [-0.1, -0.05) is 0 Å². The van der Waals surface area contributed by atoms with E-state index in [0.717, 1.165) is 0 Å². The van der Waals surface area contributed by atoms with Crippen molar-refractivity contribution in [1.29, 1.82) is 5.26 Å². The van der Waals surface area contributed by atoms with E-state index in [1.54, 1.807) is 0 Å². The highest BCUT2D eigenvalue weighted by atomic mass is 35.5. The van der Waals surface area contributed by atoms with Crippen LogP contribution in [0.1, 0.15) is 0 Å². The van der Waals surface area contributed by atoms with E-state index in [-0.39, 0.29) is 11.6 Å². The fraction of sp³-hybridized carbons (Fsp3) is 0.200. The van der Waals surface area contributed by atoms with Gasteiger partial charge in [-0.15, -0.1) is 11.6 Å². The SMILES string of the molecule is C=C(C#N)OC(=O)CCl. The number of alkyl halides is 1. The van der Waals surface area contributed by atoms with Crippen LogP contribution in [0, 0.1) is 11.3 Å². The third-order valence-electron chi connectivity index (χ3n) is 0.471. The first-order valence-electron chi connectivity index (χ1n) is 2.06. The van der Waals surface area contributed by atoms with Crippen molar-refractivity contribution < 1.29 is 9.53 Å². The van der Waals surface area contributed by atoms with Crippen molar-refractivity contribution in [3.8, 4) is 6.07 Å². The van der Waals surface area contributed by atoms with Crippen LogP contribution in [0.2, 0.25) is 0 Å². The van der Waals surface area contributed by atoms with Crippen LogP contribution in [0.15, 0.2) is 12.3 Å². The Hall–Kier alpha value is -1.01. The van der Waals surface area contributed by atoms with Crippen molar-refractivity contribution >= 4 is 17.6 Å². The topological polar surface area (TPSA) is 50.1 Å². The minimum Gasteiger partial charge on any atom is -0.415 e. The maximum absolute atomic E-state index is 10.2. The molecule has 0 aromatic carbocycles. The zero-order valence-corrected chi connectivity index (χ0v) is 5.31. The second kappa shape index (κ2) is 3.93. The number of hydrogen-bond donors (Lipinski definition) is 0. The molecule has 0 unspecified atom stereocenters. The summed E-state index contributed by atoms with van der Waals surface area (Å²) in [6.07, 6.45) is 0. The average molecular weight is 146 g/mol. The summed E-state index contributed by atoms with van der Waals surface area (Å²) in [7, 11) is 0. The Morgan fingerprint density at radius 2 is 2.44 bits per heavy atom. The molecule has 0 aliphatic carbocycles. The molecule has 0 aliphatic heterocycles. The number of allylic oxidation sites excluding steroid dienone is 1.